The van der Waals surface area contributed by atoms with Crippen LogP contribution in [-0.4, -0.2) is 12.9 Å². The molecule has 1 unspecified atom stereocenters. The van der Waals surface area contributed by atoms with Gasteiger partial charge < -0.3 is 4.74 Å². The molecule has 0 amide bonds. The van der Waals surface area contributed by atoms with Gasteiger partial charge >= 0.3 is 0 Å². The molecular formula is C15H19NO2. The van der Waals surface area contributed by atoms with E-state index >= 15 is 0 Å². The van der Waals surface area contributed by atoms with Crippen molar-refractivity contribution in [3.8, 4) is 11.8 Å². The second kappa shape index (κ2) is 6.80. The van der Waals surface area contributed by atoms with Crippen LogP contribution in [0.2, 0.25) is 0 Å². The van der Waals surface area contributed by atoms with E-state index in [-0.39, 0.29) is 5.78 Å². The molecule has 0 fully saturated rings. The van der Waals surface area contributed by atoms with Crippen LogP contribution >= 0.6 is 0 Å². The number of unbranched alkanes of at least 4 members (excludes halogenated alkanes) is 1. The third-order valence-corrected chi connectivity index (χ3v) is 2.99. The van der Waals surface area contributed by atoms with Crippen LogP contribution in [0.5, 0.6) is 5.75 Å². The summed E-state index contributed by atoms with van der Waals surface area (Å²) in [5, 5.41) is 9.17. The molecule has 0 radical (unpaired) electrons. The van der Waals surface area contributed by atoms with Crippen molar-refractivity contribution in [2.75, 3.05) is 7.11 Å². The van der Waals surface area contributed by atoms with Crippen LogP contribution in [-0.2, 0) is 4.79 Å². The lowest BCUT2D eigenvalue weighted by atomic mass is 9.92. The number of aryl methyl sites for hydroxylation is 1. The average Bonchev–Trinajstić information content (AvgIpc) is 2.39. The number of ether oxygens (including phenoxy) is 1. The van der Waals surface area contributed by atoms with E-state index in [1.807, 2.05) is 26.0 Å². The molecule has 0 heterocycles. The first-order valence-corrected chi connectivity index (χ1v) is 6.20. The summed E-state index contributed by atoms with van der Waals surface area (Å²) < 4.78 is 5.22. The summed E-state index contributed by atoms with van der Waals surface area (Å²) in [5.41, 5.74) is 1.72. The normalized spacial score (nSPS) is 11.7. The van der Waals surface area contributed by atoms with Gasteiger partial charge in [0.1, 0.15) is 11.7 Å². The first-order valence-electron chi connectivity index (χ1n) is 6.20. The molecule has 0 bridgehead atoms. The average molecular weight is 245 g/mol. The fraction of sp³-hybridized carbons (Fsp3) is 0.467. The van der Waals surface area contributed by atoms with Crippen LogP contribution in [0, 0.1) is 18.3 Å². The quantitative estimate of drug-likeness (QED) is 0.772. The fourth-order valence-electron chi connectivity index (χ4n) is 1.84. The highest BCUT2D eigenvalue weighted by atomic mass is 16.5. The van der Waals surface area contributed by atoms with E-state index in [0.29, 0.717) is 6.42 Å². The van der Waals surface area contributed by atoms with Gasteiger partial charge in [0.15, 0.2) is 5.78 Å². The maximum absolute atomic E-state index is 12.0. The van der Waals surface area contributed by atoms with Gasteiger partial charge in [-0.3, -0.25) is 4.79 Å². The Morgan fingerprint density at radius 1 is 1.50 bits per heavy atom. The van der Waals surface area contributed by atoms with Gasteiger partial charge in [-0.05, 0) is 30.5 Å². The Labute approximate surface area is 108 Å². The van der Waals surface area contributed by atoms with Gasteiger partial charge in [-0.2, -0.15) is 5.26 Å². The second-order valence-electron chi connectivity index (χ2n) is 4.36. The highest BCUT2D eigenvalue weighted by molar-refractivity contribution is 5.88. The molecule has 0 N–H and O–H groups in total. The number of hydrogen-bond donors (Lipinski definition) is 0. The van der Waals surface area contributed by atoms with Crippen molar-refractivity contribution >= 4 is 5.78 Å². The number of carbonyl (C=O) groups is 1. The van der Waals surface area contributed by atoms with E-state index in [4.69, 9.17) is 4.74 Å². The Bertz CT molecular complexity index is 460. The molecule has 0 saturated heterocycles. The van der Waals surface area contributed by atoms with E-state index in [2.05, 4.69) is 6.07 Å². The van der Waals surface area contributed by atoms with Crippen LogP contribution in [0.15, 0.2) is 18.2 Å². The van der Waals surface area contributed by atoms with Crippen molar-refractivity contribution in [3.63, 3.8) is 0 Å². The van der Waals surface area contributed by atoms with Crippen LogP contribution in [0.1, 0.15) is 43.2 Å². The summed E-state index contributed by atoms with van der Waals surface area (Å²) in [4.78, 5) is 12.0. The molecule has 3 heteroatoms. The summed E-state index contributed by atoms with van der Waals surface area (Å²) >= 11 is 0. The molecule has 1 aromatic rings. The van der Waals surface area contributed by atoms with Crippen molar-refractivity contribution in [2.24, 2.45) is 0 Å². The molecule has 0 aliphatic heterocycles. The topological polar surface area (TPSA) is 50.1 Å². The minimum Gasteiger partial charge on any atom is -0.496 e. The summed E-state index contributed by atoms with van der Waals surface area (Å²) in [7, 11) is 1.59. The Balaban J connectivity index is 2.95. The zero-order valence-corrected chi connectivity index (χ0v) is 11.2. The van der Waals surface area contributed by atoms with Gasteiger partial charge in [0.25, 0.3) is 0 Å². The predicted octanol–water partition coefficient (Wildman–Crippen LogP) is 3.37. The lowest BCUT2D eigenvalue weighted by Crippen LogP contribution is -2.10. The number of nitriles is 1. The standard InChI is InChI=1S/C15H19NO2/c1-4-5-6-14(17)13(10-16)12-8-7-11(2)15(9-12)18-3/h7-9,13H,4-6H2,1-3H3. The molecule has 96 valence electrons. The molecule has 0 saturated carbocycles. The number of ketones is 1. The van der Waals surface area contributed by atoms with E-state index in [9.17, 15) is 10.1 Å². The highest BCUT2D eigenvalue weighted by Crippen LogP contribution is 2.25. The molecule has 0 aromatic heterocycles. The molecule has 1 atom stereocenters. The summed E-state index contributed by atoms with van der Waals surface area (Å²) in [6, 6.07) is 7.59. The third kappa shape index (κ3) is 3.33. The second-order valence-corrected chi connectivity index (χ2v) is 4.36. The van der Waals surface area contributed by atoms with E-state index in [1.54, 1.807) is 13.2 Å². The van der Waals surface area contributed by atoms with Gasteiger partial charge in [-0.15, -0.1) is 0 Å². The zero-order valence-electron chi connectivity index (χ0n) is 11.2. The smallest absolute Gasteiger partial charge is 0.154 e. The van der Waals surface area contributed by atoms with Crippen molar-refractivity contribution in [2.45, 2.75) is 39.0 Å². The van der Waals surface area contributed by atoms with Crippen molar-refractivity contribution in [1.82, 2.24) is 0 Å². The monoisotopic (exact) mass is 245 g/mol. The van der Waals surface area contributed by atoms with Gasteiger partial charge in [-0.25, -0.2) is 0 Å². The van der Waals surface area contributed by atoms with Gasteiger partial charge in [0.2, 0.25) is 0 Å². The van der Waals surface area contributed by atoms with Crippen molar-refractivity contribution in [1.29, 1.82) is 5.26 Å². The Morgan fingerprint density at radius 3 is 2.78 bits per heavy atom. The van der Waals surface area contributed by atoms with Crippen LogP contribution in [0.4, 0.5) is 0 Å². The molecule has 1 aromatic carbocycles. The van der Waals surface area contributed by atoms with Crippen LogP contribution in [0.3, 0.4) is 0 Å². The van der Waals surface area contributed by atoms with Crippen LogP contribution < -0.4 is 4.74 Å². The van der Waals surface area contributed by atoms with Crippen molar-refractivity contribution in [3.05, 3.63) is 29.3 Å². The number of rotatable bonds is 6. The zero-order chi connectivity index (χ0) is 13.5. The van der Waals surface area contributed by atoms with Gasteiger partial charge in [0, 0.05) is 6.42 Å². The molecule has 18 heavy (non-hydrogen) atoms. The number of benzene rings is 1. The maximum atomic E-state index is 12.0. The van der Waals surface area contributed by atoms with Gasteiger partial charge in [-0.1, -0.05) is 25.5 Å². The van der Waals surface area contributed by atoms with E-state index in [0.717, 1.165) is 29.7 Å². The predicted molar refractivity (Wildman–Crippen MR) is 70.6 cm³/mol. The molecule has 1 rings (SSSR count). The molecule has 0 aliphatic carbocycles. The summed E-state index contributed by atoms with van der Waals surface area (Å²) in [5.74, 6) is 0.0346. The lowest BCUT2D eigenvalue weighted by Gasteiger charge is -2.11. The van der Waals surface area contributed by atoms with Crippen molar-refractivity contribution < 1.29 is 9.53 Å². The van der Waals surface area contributed by atoms with Gasteiger partial charge in [0.05, 0.1) is 13.2 Å². The molecule has 3 nitrogen and oxygen atoms in total. The highest BCUT2D eigenvalue weighted by Gasteiger charge is 2.20. The lowest BCUT2D eigenvalue weighted by molar-refractivity contribution is -0.119. The van der Waals surface area contributed by atoms with E-state index in [1.165, 1.54) is 0 Å². The summed E-state index contributed by atoms with van der Waals surface area (Å²) in [6.07, 6.45) is 2.26. The minimum atomic E-state index is -0.675. The number of hydrogen-bond acceptors (Lipinski definition) is 3. The minimum absolute atomic E-state index is 0.00902. The number of methoxy groups -OCH3 is 1. The first-order chi connectivity index (χ1) is 8.63. The Morgan fingerprint density at radius 2 is 2.22 bits per heavy atom. The SMILES string of the molecule is CCCCC(=O)C(C#N)c1ccc(C)c(OC)c1. The fourth-order valence-corrected chi connectivity index (χ4v) is 1.84. The number of carbonyl (C=O) groups excluding carboxylic acids is 1. The number of nitrogens with zero attached hydrogens (tertiary/aromatic N) is 1. The first kappa shape index (κ1) is 14.2. The molecular weight excluding hydrogens is 226 g/mol. The van der Waals surface area contributed by atoms with E-state index < -0.39 is 5.92 Å². The summed E-state index contributed by atoms with van der Waals surface area (Å²) in [6.45, 7) is 3.96. The maximum Gasteiger partial charge on any atom is 0.154 e. The Hall–Kier alpha value is -1.82. The van der Waals surface area contributed by atoms with Crippen LogP contribution in [0.25, 0.3) is 0 Å². The Kier molecular flexibility index (Phi) is 5.38. The molecule has 0 aliphatic rings. The third-order valence-electron chi connectivity index (χ3n) is 2.99. The molecule has 0 spiro atoms. The largest absolute Gasteiger partial charge is 0.496 e. The number of Topliss-reactive ketones (excluding diaryl/α,β-unsaturated/α-hetero) is 1.